The molecule has 0 saturated heterocycles. The van der Waals surface area contributed by atoms with Gasteiger partial charge in [0.2, 0.25) is 0 Å². The zero-order valence-corrected chi connectivity index (χ0v) is 17.3. The summed E-state index contributed by atoms with van der Waals surface area (Å²) >= 11 is 0. The van der Waals surface area contributed by atoms with Crippen LogP contribution in [0.25, 0.3) is 6.08 Å². The predicted molar refractivity (Wildman–Crippen MR) is 112 cm³/mol. The van der Waals surface area contributed by atoms with Crippen molar-refractivity contribution in [1.29, 1.82) is 0 Å². The Morgan fingerprint density at radius 2 is 1.38 bits per heavy atom. The molecule has 3 rings (SSSR count). The Hall–Kier alpha value is -1.21. The van der Waals surface area contributed by atoms with E-state index in [0.29, 0.717) is 16.4 Å². The Kier molecular flexibility index (Phi) is 4.36. The van der Waals surface area contributed by atoms with Crippen LogP contribution in [-0.2, 0) is 0 Å². The van der Waals surface area contributed by atoms with Gasteiger partial charge in [0.25, 0.3) is 0 Å². The van der Waals surface area contributed by atoms with Crippen LogP contribution in [0.2, 0.25) is 0 Å². The van der Waals surface area contributed by atoms with E-state index in [2.05, 4.69) is 84.4 Å². The van der Waals surface area contributed by atoms with Crippen LogP contribution < -0.4 is 0 Å². The van der Waals surface area contributed by atoms with E-state index in [0.717, 1.165) is 0 Å². The lowest BCUT2D eigenvalue weighted by Gasteiger charge is -2.47. The summed E-state index contributed by atoms with van der Waals surface area (Å²) in [5, 5.41) is 1.21. The first-order valence-electron chi connectivity index (χ1n) is 9.04. The number of benzene rings is 1. The van der Waals surface area contributed by atoms with Gasteiger partial charge in [0.05, 0.1) is 0 Å². The minimum Gasteiger partial charge on any atom is -0.226 e. The lowest BCUT2D eigenvalue weighted by Crippen LogP contribution is -2.24. The van der Waals surface area contributed by atoms with Gasteiger partial charge in [0.15, 0.2) is 0 Å². The summed E-state index contributed by atoms with van der Waals surface area (Å²) in [4.78, 5) is 0. The Morgan fingerprint density at radius 3 is 1.92 bits per heavy atom. The van der Waals surface area contributed by atoms with Crippen molar-refractivity contribution in [2.45, 2.75) is 52.0 Å². The smallest absolute Gasteiger partial charge is 0.0366 e. The van der Waals surface area contributed by atoms with Gasteiger partial charge < -0.3 is 0 Å². The number of rotatable bonds is 3. The fourth-order valence-electron chi connectivity index (χ4n) is 4.82. The van der Waals surface area contributed by atoms with Crippen LogP contribution in [0.3, 0.4) is 0 Å². The molecule has 0 nitrogen and oxygen atoms in total. The quantitative estimate of drug-likeness (QED) is 0.561. The van der Waals surface area contributed by atoms with Gasteiger partial charge >= 0.3 is 0 Å². The van der Waals surface area contributed by atoms with Crippen LogP contribution in [-0.4, -0.2) is 17.8 Å². The first-order chi connectivity index (χ1) is 11.2. The monoisotopic (exact) mass is 340 g/mol. The molecule has 0 saturated carbocycles. The second-order valence-corrected chi connectivity index (χ2v) is 12.2. The second-order valence-electron chi connectivity index (χ2n) is 8.29. The standard InChI is InChI=1S/C23H32S/c1-14(2)21-13-19-11-9-10-12-20(19)23(21)24(7,8)22-17(5)15(3)16(4)18(22)6/h9-14,22-23H,1-8H3. The van der Waals surface area contributed by atoms with Crippen molar-refractivity contribution in [2.75, 3.05) is 12.5 Å². The molecule has 0 aliphatic heterocycles. The third-order valence-corrected chi connectivity index (χ3v) is 9.98. The van der Waals surface area contributed by atoms with Crippen LogP contribution in [0, 0.1) is 5.92 Å². The molecule has 2 aliphatic rings. The molecule has 130 valence electrons. The fourth-order valence-corrected chi connectivity index (χ4v) is 9.18. The zero-order valence-electron chi connectivity index (χ0n) is 16.5. The minimum atomic E-state index is -0.894. The molecular formula is C23H32S. The Bertz CT molecular complexity index is 747. The molecule has 0 spiro atoms. The Balaban J connectivity index is 2.15. The Morgan fingerprint density at radius 1 is 0.833 bits per heavy atom. The van der Waals surface area contributed by atoms with E-state index in [-0.39, 0.29) is 0 Å². The molecule has 0 N–H and O–H groups in total. The fraction of sp³-hybridized carbons (Fsp3) is 0.478. The molecule has 0 bridgehead atoms. The molecule has 0 radical (unpaired) electrons. The number of allylic oxidation sites excluding steroid dienone is 2. The van der Waals surface area contributed by atoms with E-state index < -0.39 is 10.0 Å². The van der Waals surface area contributed by atoms with Crippen LogP contribution in [0.15, 0.2) is 52.1 Å². The van der Waals surface area contributed by atoms with Gasteiger partial charge in [0.1, 0.15) is 0 Å². The maximum Gasteiger partial charge on any atom is 0.0366 e. The number of hydrogen-bond acceptors (Lipinski definition) is 0. The first kappa shape index (κ1) is 17.6. The summed E-state index contributed by atoms with van der Waals surface area (Å²) in [6.45, 7) is 14.1. The van der Waals surface area contributed by atoms with Crippen molar-refractivity contribution in [3.8, 4) is 0 Å². The van der Waals surface area contributed by atoms with Crippen LogP contribution in [0.5, 0.6) is 0 Å². The molecular weight excluding hydrogens is 308 g/mol. The topological polar surface area (TPSA) is 0 Å². The lowest BCUT2D eigenvalue weighted by molar-refractivity contribution is 0.745. The molecule has 1 unspecified atom stereocenters. The van der Waals surface area contributed by atoms with Crippen molar-refractivity contribution in [3.05, 3.63) is 63.3 Å². The van der Waals surface area contributed by atoms with Gasteiger partial charge in [-0.2, -0.15) is 0 Å². The van der Waals surface area contributed by atoms with Gasteiger partial charge in [-0.15, -0.1) is 0 Å². The summed E-state index contributed by atoms with van der Waals surface area (Å²) in [6, 6.07) is 9.06. The van der Waals surface area contributed by atoms with E-state index >= 15 is 0 Å². The molecule has 0 heterocycles. The highest BCUT2D eigenvalue weighted by Crippen LogP contribution is 2.69. The lowest BCUT2D eigenvalue weighted by atomic mass is 10.0. The third kappa shape index (κ3) is 2.44. The minimum absolute atomic E-state index is 0.585. The summed E-state index contributed by atoms with van der Waals surface area (Å²) in [7, 11) is -0.894. The third-order valence-electron chi connectivity index (χ3n) is 6.32. The molecule has 0 amide bonds. The second kappa shape index (κ2) is 5.95. The first-order valence-corrected chi connectivity index (χ1v) is 11.6. The summed E-state index contributed by atoms with van der Waals surface area (Å²) in [6.07, 6.45) is 7.62. The van der Waals surface area contributed by atoms with Gasteiger partial charge in [-0.25, -0.2) is 10.0 Å². The van der Waals surface area contributed by atoms with Gasteiger partial charge in [-0.1, -0.05) is 60.9 Å². The van der Waals surface area contributed by atoms with Crippen LogP contribution >= 0.6 is 10.0 Å². The zero-order chi connectivity index (χ0) is 17.8. The summed E-state index contributed by atoms with van der Waals surface area (Å²) in [5.41, 5.74) is 10.9. The molecule has 24 heavy (non-hydrogen) atoms. The largest absolute Gasteiger partial charge is 0.226 e. The van der Waals surface area contributed by atoms with E-state index in [1.807, 2.05) is 0 Å². The van der Waals surface area contributed by atoms with E-state index in [4.69, 9.17) is 0 Å². The van der Waals surface area contributed by atoms with E-state index in [1.165, 1.54) is 16.7 Å². The summed E-state index contributed by atoms with van der Waals surface area (Å²) in [5.74, 6) is 0.603. The van der Waals surface area contributed by atoms with Crippen molar-refractivity contribution in [1.82, 2.24) is 0 Å². The normalized spacial score (nSPS) is 22.5. The summed E-state index contributed by atoms with van der Waals surface area (Å²) < 4.78 is 0. The maximum absolute atomic E-state index is 2.57. The van der Waals surface area contributed by atoms with E-state index in [9.17, 15) is 0 Å². The highest BCUT2D eigenvalue weighted by Gasteiger charge is 2.43. The SMILES string of the molecule is CC1=C(C)C(S(C)(C)C2C(C(C)C)=Cc3ccccc32)C(C)=C1C. The average Bonchev–Trinajstić information content (AvgIpc) is 3.01. The molecule has 1 aromatic carbocycles. The predicted octanol–water partition coefficient (Wildman–Crippen LogP) is 6.90. The van der Waals surface area contributed by atoms with Crippen LogP contribution in [0.1, 0.15) is 57.9 Å². The van der Waals surface area contributed by atoms with Crippen molar-refractivity contribution < 1.29 is 0 Å². The Labute approximate surface area is 150 Å². The highest BCUT2D eigenvalue weighted by molar-refractivity contribution is 8.33. The maximum atomic E-state index is 2.57. The average molecular weight is 341 g/mol. The molecule has 1 atom stereocenters. The van der Waals surface area contributed by atoms with Gasteiger partial charge in [-0.05, 0) is 68.4 Å². The van der Waals surface area contributed by atoms with Gasteiger partial charge in [-0.3, -0.25) is 0 Å². The van der Waals surface area contributed by atoms with Gasteiger partial charge in [0, 0.05) is 10.5 Å². The molecule has 1 aromatic rings. The van der Waals surface area contributed by atoms with Crippen molar-refractivity contribution in [2.24, 2.45) is 5.92 Å². The molecule has 1 heteroatoms. The molecule has 0 aromatic heterocycles. The van der Waals surface area contributed by atoms with E-state index in [1.54, 1.807) is 22.3 Å². The highest BCUT2D eigenvalue weighted by atomic mass is 32.3. The van der Waals surface area contributed by atoms with Crippen molar-refractivity contribution >= 4 is 16.1 Å². The van der Waals surface area contributed by atoms with Crippen LogP contribution in [0.4, 0.5) is 0 Å². The molecule has 2 aliphatic carbocycles. The number of hydrogen-bond donors (Lipinski definition) is 0. The number of fused-ring (bicyclic) bond motifs is 1. The van der Waals surface area contributed by atoms with Crippen molar-refractivity contribution in [3.63, 3.8) is 0 Å². The molecule has 0 fully saturated rings.